The maximum Gasteiger partial charge on any atom is 0.178 e. The summed E-state index contributed by atoms with van der Waals surface area (Å²) in [4.78, 5) is 25.0. The van der Waals surface area contributed by atoms with Crippen LogP contribution in [0.25, 0.3) is 0 Å². The second-order valence-corrected chi connectivity index (χ2v) is 10.0. The molecule has 2 heteroatoms. The molecule has 4 aliphatic carbocycles. The van der Waals surface area contributed by atoms with Crippen LogP contribution in [0.3, 0.4) is 0 Å². The summed E-state index contributed by atoms with van der Waals surface area (Å²) in [5, 5.41) is 0. The number of Topliss-reactive ketones (excluding diaryl/α,β-unsaturated/α-hetero) is 1. The zero-order valence-electron chi connectivity index (χ0n) is 16.3. The Morgan fingerprint density at radius 1 is 0.920 bits per heavy atom. The Morgan fingerprint density at radius 2 is 1.60 bits per heavy atom. The molecule has 0 saturated heterocycles. The molecule has 0 aromatic carbocycles. The Labute approximate surface area is 151 Å². The minimum absolute atomic E-state index is 0.0267. The van der Waals surface area contributed by atoms with Crippen LogP contribution in [-0.2, 0) is 9.59 Å². The lowest BCUT2D eigenvalue weighted by Gasteiger charge is -2.71. The third-order valence-electron chi connectivity index (χ3n) is 9.77. The van der Waals surface area contributed by atoms with Crippen molar-refractivity contribution in [3.63, 3.8) is 0 Å². The molecule has 0 aromatic heterocycles. The molecule has 0 radical (unpaired) electrons. The van der Waals surface area contributed by atoms with Crippen LogP contribution in [0.5, 0.6) is 0 Å². The van der Waals surface area contributed by atoms with Gasteiger partial charge in [0.1, 0.15) is 0 Å². The first-order valence-corrected chi connectivity index (χ1v) is 9.62. The van der Waals surface area contributed by atoms with E-state index in [0.29, 0.717) is 5.78 Å². The first-order valence-electron chi connectivity index (χ1n) is 9.62. The molecular formula is C23H30O2. The van der Waals surface area contributed by atoms with Gasteiger partial charge in [-0.2, -0.15) is 0 Å². The molecule has 0 spiro atoms. The van der Waals surface area contributed by atoms with E-state index in [1.807, 2.05) is 6.08 Å². The van der Waals surface area contributed by atoms with Crippen molar-refractivity contribution in [2.75, 3.05) is 0 Å². The molecule has 134 valence electrons. The first kappa shape index (κ1) is 17.0. The van der Waals surface area contributed by atoms with E-state index >= 15 is 0 Å². The normalized spacial score (nSPS) is 51.7. The summed E-state index contributed by atoms with van der Waals surface area (Å²) in [6.07, 6.45) is 10.5. The number of allylic oxidation sites excluding steroid dienone is 5. The predicted octanol–water partition coefficient (Wildman–Crippen LogP) is 5.20. The van der Waals surface area contributed by atoms with Crippen molar-refractivity contribution in [3.8, 4) is 0 Å². The maximum atomic E-state index is 13.0. The molecule has 3 saturated carbocycles. The van der Waals surface area contributed by atoms with E-state index < -0.39 is 0 Å². The van der Waals surface area contributed by atoms with Crippen LogP contribution in [0.2, 0.25) is 0 Å². The number of rotatable bonds is 0. The maximum absolute atomic E-state index is 13.0. The number of carbonyl (C=O) groups excluding carboxylic acids is 2. The summed E-state index contributed by atoms with van der Waals surface area (Å²) in [7, 11) is 0. The van der Waals surface area contributed by atoms with Gasteiger partial charge in [-0.25, -0.2) is 0 Å². The molecule has 0 unspecified atom stereocenters. The van der Waals surface area contributed by atoms with Crippen LogP contribution in [0.1, 0.15) is 66.7 Å². The molecule has 4 rings (SSSR count). The van der Waals surface area contributed by atoms with Crippen LogP contribution in [-0.4, -0.2) is 11.6 Å². The molecule has 25 heavy (non-hydrogen) atoms. The van der Waals surface area contributed by atoms with E-state index in [1.54, 1.807) is 6.08 Å². The van der Waals surface area contributed by atoms with Gasteiger partial charge in [0, 0.05) is 10.8 Å². The van der Waals surface area contributed by atoms with Crippen molar-refractivity contribution in [3.05, 3.63) is 36.0 Å². The first-order chi connectivity index (χ1) is 11.5. The van der Waals surface area contributed by atoms with E-state index in [1.165, 1.54) is 5.57 Å². The third-order valence-corrected chi connectivity index (χ3v) is 9.77. The quantitative estimate of drug-likeness (QED) is 0.569. The number of fused-ring (bicyclic) bond motifs is 5. The number of carbonyl (C=O) groups is 2. The van der Waals surface area contributed by atoms with Crippen molar-refractivity contribution in [1.82, 2.24) is 0 Å². The molecule has 0 amide bonds. The van der Waals surface area contributed by atoms with E-state index in [4.69, 9.17) is 0 Å². The van der Waals surface area contributed by atoms with Crippen LogP contribution in [0.15, 0.2) is 36.0 Å². The van der Waals surface area contributed by atoms with Gasteiger partial charge >= 0.3 is 0 Å². The third kappa shape index (κ3) is 1.55. The van der Waals surface area contributed by atoms with Crippen LogP contribution in [0.4, 0.5) is 0 Å². The minimum Gasteiger partial charge on any atom is -0.294 e. The lowest BCUT2D eigenvalue weighted by molar-refractivity contribution is -0.206. The van der Waals surface area contributed by atoms with E-state index in [-0.39, 0.29) is 32.9 Å². The van der Waals surface area contributed by atoms with Crippen LogP contribution >= 0.6 is 0 Å². The molecule has 0 bridgehead atoms. The van der Waals surface area contributed by atoms with Crippen molar-refractivity contribution in [2.45, 2.75) is 66.7 Å². The Bertz CT molecular complexity index is 786. The second kappa shape index (κ2) is 4.45. The number of ketones is 2. The second-order valence-electron chi connectivity index (χ2n) is 10.0. The summed E-state index contributed by atoms with van der Waals surface area (Å²) < 4.78 is 0. The molecule has 0 N–H and O–H groups in total. The average molecular weight is 338 g/mol. The number of hydrogen-bond donors (Lipinski definition) is 0. The van der Waals surface area contributed by atoms with Gasteiger partial charge in [-0.1, -0.05) is 52.8 Å². The lowest BCUT2D eigenvalue weighted by atomic mass is 9.32. The smallest absolute Gasteiger partial charge is 0.178 e. The fourth-order valence-corrected chi connectivity index (χ4v) is 7.29. The molecule has 0 heterocycles. The van der Waals surface area contributed by atoms with Crippen molar-refractivity contribution in [1.29, 1.82) is 0 Å². The van der Waals surface area contributed by atoms with Gasteiger partial charge in [-0.05, 0) is 66.1 Å². The summed E-state index contributed by atoms with van der Waals surface area (Å²) in [6.45, 7) is 15.8. The zero-order chi connectivity index (χ0) is 18.5. The summed E-state index contributed by atoms with van der Waals surface area (Å²) in [6, 6.07) is 0. The van der Waals surface area contributed by atoms with E-state index in [0.717, 1.165) is 37.7 Å². The zero-order valence-corrected chi connectivity index (χ0v) is 16.3. The molecule has 5 atom stereocenters. The topological polar surface area (TPSA) is 34.1 Å². The Kier molecular flexibility index (Phi) is 3.02. The highest BCUT2D eigenvalue weighted by molar-refractivity contribution is 6.03. The molecule has 3 fully saturated rings. The average Bonchev–Trinajstić information content (AvgIpc) is 2.73. The van der Waals surface area contributed by atoms with Gasteiger partial charge in [-0.3, -0.25) is 9.59 Å². The predicted molar refractivity (Wildman–Crippen MR) is 100.0 cm³/mol. The van der Waals surface area contributed by atoms with E-state index in [2.05, 4.69) is 47.3 Å². The van der Waals surface area contributed by atoms with Gasteiger partial charge in [0.25, 0.3) is 0 Å². The summed E-state index contributed by atoms with van der Waals surface area (Å²) >= 11 is 0. The monoisotopic (exact) mass is 338 g/mol. The van der Waals surface area contributed by atoms with Crippen LogP contribution in [0, 0.1) is 27.1 Å². The number of hydrogen-bond acceptors (Lipinski definition) is 2. The molecular weight excluding hydrogens is 308 g/mol. The largest absolute Gasteiger partial charge is 0.294 e. The fourth-order valence-electron chi connectivity index (χ4n) is 7.29. The SMILES string of the molecule is C=C1C[C@@]2(C)[C@]3(C)CCC4=CC(=O)C=C[C@]4(C)[C@@]3(C)CC[C@]2(C)C1=O. The lowest BCUT2D eigenvalue weighted by Crippen LogP contribution is -2.66. The van der Waals surface area contributed by atoms with Gasteiger partial charge in [0.05, 0.1) is 0 Å². The summed E-state index contributed by atoms with van der Waals surface area (Å²) in [5.74, 6) is 0.412. The van der Waals surface area contributed by atoms with Gasteiger partial charge in [-0.15, -0.1) is 0 Å². The molecule has 0 aliphatic heterocycles. The van der Waals surface area contributed by atoms with Gasteiger partial charge in [0.2, 0.25) is 0 Å². The van der Waals surface area contributed by atoms with Crippen molar-refractivity contribution in [2.24, 2.45) is 27.1 Å². The Morgan fingerprint density at radius 3 is 2.28 bits per heavy atom. The van der Waals surface area contributed by atoms with E-state index in [9.17, 15) is 9.59 Å². The summed E-state index contributed by atoms with van der Waals surface area (Å²) in [5.41, 5.74) is 1.67. The molecule has 0 aromatic rings. The Balaban J connectivity index is 1.93. The standard InChI is InChI=1S/C23H30O2/c1-15-14-23(6)20(3,18(15)25)11-12-21(4)19(2)9-8-17(24)13-16(19)7-10-22(21,23)5/h8-9,13H,1,7,10-12,14H2,2-6H3/t19-,20+,21+,22+,23+/m0/s1. The van der Waals surface area contributed by atoms with Crippen LogP contribution < -0.4 is 0 Å². The molecule has 4 aliphatic rings. The highest BCUT2D eigenvalue weighted by atomic mass is 16.1. The van der Waals surface area contributed by atoms with Gasteiger partial charge < -0.3 is 0 Å². The van der Waals surface area contributed by atoms with Crippen molar-refractivity contribution < 1.29 is 9.59 Å². The Hall–Kier alpha value is -1.44. The highest BCUT2D eigenvalue weighted by Gasteiger charge is 2.74. The molecule has 2 nitrogen and oxygen atoms in total. The highest BCUT2D eigenvalue weighted by Crippen LogP contribution is 2.79. The van der Waals surface area contributed by atoms with Crippen molar-refractivity contribution >= 4 is 11.6 Å². The van der Waals surface area contributed by atoms with Gasteiger partial charge in [0.15, 0.2) is 11.6 Å². The minimum atomic E-state index is -0.301. The fraction of sp³-hybridized carbons (Fsp3) is 0.652.